The molecule has 12 heteroatoms. The molecule has 1 aromatic heterocycles. The van der Waals surface area contributed by atoms with Gasteiger partial charge in [-0.15, -0.1) is 0 Å². The summed E-state index contributed by atoms with van der Waals surface area (Å²) in [4.78, 5) is 40.1. The van der Waals surface area contributed by atoms with Crippen LogP contribution in [0.25, 0.3) is 0 Å². The van der Waals surface area contributed by atoms with Crippen LogP contribution in [-0.4, -0.2) is 98.6 Å². The van der Waals surface area contributed by atoms with Gasteiger partial charge in [0.05, 0.1) is 32.8 Å². The lowest BCUT2D eigenvalue weighted by Crippen LogP contribution is -2.42. The number of benzene rings is 1. The standard InChI is InChI=1S/C22H31N3O2.C6H8O7/c1-4-25-13-7-9-20(25)17-24(16-19-8-5-6-12-23-19)15-18-10-11-21(26-2)22(14-18)27-3;7-3(8)1-6(13,5(11)12)2-4(9)10/h5-6,8,10-12,14,20H,4,7,9,13,15-17H2,1-3H3;13H,1-2H2,(H,7,8)(H,9,10)(H,11,12). The summed E-state index contributed by atoms with van der Waals surface area (Å²) in [5.41, 5.74) is -0.402. The van der Waals surface area contributed by atoms with Crippen LogP contribution in [0.1, 0.15) is 43.9 Å². The number of nitrogens with zero attached hydrogens (tertiary/aromatic N) is 3. The summed E-state index contributed by atoms with van der Waals surface area (Å²) < 4.78 is 10.9. The van der Waals surface area contributed by atoms with Crippen molar-refractivity contribution in [2.45, 2.75) is 57.3 Å². The Kier molecular flexibility index (Phi) is 12.8. The Hall–Kier alpha value is -3.74. The number of ether oxygens (including phenoxy) is 2. The quantitative estimate of drug-likeness (QED) is 0.266. The maximum atomic E-state index is 10.3. The molecule has 1 aliphatic heterocycles. The third-order valence-electron chi connectivity index (χ3n) is 6.63. The zero-order chi connectivity index (χ0) is 29.7. The number of aromatic nitrogens is 1. The zero-order valence-electron chi connectivity index (χ0n) is 23.2. The molecular formula is C28H39N3O9. The molecule has 220 valence electrons. The molecule has 0 bridgehead atoms. The number of hydrogen-bond acceptors (Lipinski definition) is 9. The number of aliphatic carboxylic acids is 3. The van der Waals surface area contributed by atoms with E-state index in [2.05, 4.69) is 46.0 Å². The van der Waals surface area contributed by atoms with Crippen molar-refractivity contribution in [1.29, 1.82) is 0 Å². The summed E-state index contributed by atoms with van der Waals surface area (Å²) in [5, 5.41) is 33.8. The molecule has 12 nitrogen and oxygen atoms in total. The lowest BCUT2D eigenvalue weighted by Gasteiger charge is -2.30. The van der Waals surface area contributed by atoms with Crippen LogP contribution in [-0.2, 0) is 27.5 Å². The van der Waals surface area contributed by atoms with Gasteiger partial charge in [-0.25, -0.2) is 4.79 Å². The van der Waals surface area contributed by atoms with Gasteiger partial charge in [0.2, 0.25) is 0 Å². The summed E-state index contributed by atoms with van der Waals surface area (Å²) in [6, 6.07) is 13.0. The highest BCUT2D eigenvalue weighted by Gasteiger charge is 2.40. The van der Waals surface area contributed by atoms with Crippen LogP contribution in [0.15, 0.2) is 42.6 Å². The molecule has 3 rings (SSSR count). The molecule has 0 radical (unpaired) electrons. The normalized spacial score (nSPS) is 15.3. The first-order valence-corrected chi connectivity index (χ1v) is 13.0. The molecule has 4 N–H and O–H groups in total. The van der Waals surface area contributed by atoms with Gasteiger partial charge in [0, 0.05) is 31.9 Å². The van der Waals surface area contributed by atoms with Gasteiger partial charge in [0.15, 0.2) is 17.1 Å². The molecule has 1 aromatic carbocycles. The molecule has 0 aliphatic carbocycles. The third kappa shape index (κ3) is 10.1. The molecule has 2 heterocycles. The lowest BCUT2D eigenvalue weighted by atomic mass is 9.96. The Morgan fingerprint density at radius 3 is 2.23 bits per heavy atom. The van der Waals surface area contributed by atoms with Crippen LogP contribution >= 0.6 is 0 Å². The number of aliphatic hydroxyl groups is 1. The molecule has 1 aliphatic rings. The van der Waals surface area contributed by atoms with Crippen molar-refractivity contribution in [1.82, 2.24) is 14.8 Å². The number of carbonyl (C=O) groups is 3. The Morgan fingerprint density at radius 1 is 1.02 bits per heavy atom. The Morgan fingerprint density at radius 2 is 1.70 bits per heavy atom. The van der Waals surface area contributed by atoms with Crippen LogP contribution in [0.4, 0.5) is 0 Å². The van der Waals surface area contributed by atoms with Gasteiger partial charge in [-0.05, 0) is 55.8 Å². The van der Waals surface area contributed by atoms with E-state index in [1.807, 2.05) is 18.3 Å². The summed E-state index contributed by atoms with van der Waals surface area (Å²) >= 11 is 0. The van der Waals surface area contributed by atoms with Crippen molar-refractivity contribution < 1.29 is 44.3 Å². The van der Waals surface area contributed by atoms with Crippen molar-refractivity contribution in [3.63, 3.8) is 0 Å². The number of rotatable bonds is 14. The van der Waals surface area contributed by atoms with E-state index in [-0.39, 0.29) is 0 Å². The number of carboxylic acids is 3. The first-order valence-electron chi connectivity index (χ1n) is 13.0. The predicted molar refractivity (Wildman–Crippen MR) is 145 cm³/mol. The maximum Gasteiger partial charge on any atom is 0.336 e. The average Bonchev–Trinajstić information content (AvgIpc) is 3.35. The lowest BCUT2D eigenvalue weighted by molar-refractivity contribution is -0.170. The highest BCUT2D eigenvalue weighted by Crippen LogP contribution is 2.28. The summed E-state index contributed by atoms with van der Waals surface area (Å²) in [5.74, 6) is -3.47. The number of likely N-dealkylation sites (N-methyl/N-ethyl adjacent to an activating group) is 1. The van der Waals surface area contributed by atoms with Crippen molar-refractivity contribution >= 4 is 17.9 Å². The van der Waals surface area contributed by atoms with E-state index in [1.165, 1.54) is 24.9 Å². The Bertz CT molecular complexity index is 1100. The molecular weight excluding hydrogens is 522 g/mol. The minimum atomic E-state index is -2.74. The highest BCUT2D eigenvalue weighted by molar-refractivity contribution is 5.88. The molecule has 40 heavy (non-hydrogen) atoms. The molecule has 1 atom stereocenters. The zero-order valence-corrected chi connectivity index (χ0v) is 23.2. The number of likely N-dealkylation sites (tertiary alicyclic amines) is 1. The minimum Gasteiger partial charge on any atom is -0.493 e. The van der Waals surface area contributed by atoms with Crippen molar-refractivity contribution in [3.8, 4) is 11.5 Å². The van der Waals surface area contributed by atoms with Crippen LogP contribution in [0.3, 0.4) is 0 Å². The summed E-state index contributed by atoms with van der Waals surface area (Å²) in [6.45, 7) is 7.37. The van der Waals surface area contributed by atoms with E-state index < -0.39 is 36.4 Å². The minimum absolute atomic E-state index is 0.624. The van der Waals surface area contributed by atoms with Crippen molar-refractivity contribution in [3.05, 3.63) is 53.9 Å². The summed E-state index contributed by atoms with van der Waals surface area (Å²) in [6.07, 6.45) is 2.16. The third-order valence-corrected chi connectivity index (χ3v) is 6.63. The van der Waals surface area contributed by atoms with Gasteiger partial charge in [-0.2, -0.15) is 0 Å². The smallest absolute Gasteiger partial charge is 0.336 e. The molecule has 0 spiro atoms. The first-order chi connectivity index (χ1) is 19.0. The van der Waals surface area contributed by atoms with Crippen LogP contribution < -0.4 is 9.47 Å². The van der Waals surface area contributed by atoms with E-state index >= 15 is 0 Å². The SMILES string of the molecule is CCN1CCCC1CN(Cc1ccc(OC)c(OC)c1)Cc1ccccn1.O=C(O)CC(O)(CC(=O)O)C(=O)O. The fraction of sp³-hybridized carbons (Fsp3) is 0.500. The van der Waals surface area contributed by atoms with E-state index in [4.69, 9.17) is 29.9 Å². The maximum absolute atomic E-state index is 10.3. The van der Waals surface area contributed by atoms with E-state index in [0.29, 0.717) is 6.04 Å². The van der Waals surface area contributed by atoms with Gasteiger partial charge >= 0.3 is 17.9 Å². The van der Waals surface area contributed by atoms with Crippen LogP contribution in [0.5, 0.6) is 11.5 Å². The van der Waals surface area contributed by atoms with Crippen LogP contribution in [0, 0.1) is 0 Å². The number of hydrogen-bond donors (Lipinski definition) is 4. The second-order valence-corrected chi connectivity index (χ2v) is 9.58. The van der Waals surface area contributed by atoms with Gasteiger partial charge in [-0.1, -0.05) is 19.1 Å². The number of methoxy groups -OCH3 is 2. The van der Waals surface area contributed by atoms with Crippen LogP contribution in [0.2, 0.25) is 0 Å². The second-order valence-electron chi connectivity index (χ2n) is 9.58. The summed E-state index contributed by atoms with van der Waals surface area (Å²) in [7, 11) is 3.36. The van der Waals surface area contributed by atoms with E-state index in [1.54, 1.807) is 14.2 Å². The fourth-order valence-corrected chi connectivity index (χ4v) is 4.67. The average molecular weight is 562 g/mol. The first kappa shape index (κ1) is 32.5. The monoisotopic (exact) mass is 561 g/mol. The topological polar surface area (TPSA) is 170 Å². The largest absolute Gasteiger partial charge is 0.493 e. The highest BCUT2D eigenvalue weighted by atomic mass is 16.5. The van der Waals surface area contributed by atoms with Gasteiger partial charge in [0.25, 0.3) is 0 Å². The molecule has 0 saturated carbocycles. The van der Waals surface area contributed by atoms with Crippen molar-refractivity contribution in [2.24, 2.45) is 0 Å². The predicted octanol–water partition coefficient (Wildman–Crippen LogP) is 2.34. The van der Waals surface area contributed by atoms with E-state index in [9.17, 15) is 14.4 Å². The Labute approximate surface area is 233 Å². The number of carboxylic acid groups (broad SMARTS) is 3. The van der Waals surface area contributed by atoms with Gasteiger partial charge in [-0.3, -0.25) is 24.4 Å². The van der Waals surface area contributed by atoms with Crippen molar-refractivity contribution in [2.75, 3.05) is 33.9 Å². The second kappa shape index (κ2) is 15.8. The molecule has 2 aromatic rings. The molecule has 1 unspecified atom stereocenters. The van der Waals surface area contributed by atoms with E-state index in [0.717, 1.165) is 43.4 Å². The fourth-order valence-electron chi connectivity index (χ4n) is 4.67. The van der Waals surface area contributed by atoms with Gasteiger partial charge in [0.1, 0.15) is 0 Å². The Balaban J connectivity index is 0.000000366. The number of pyridine rings is 1. The molecule has 1 fully saturated rings. The molecule has 0 amide bonds. The van der Waals surface area contributed by atoms with Gasteiger partial charge < -0.3 is 29.9 Å². The molecule has 1 saturated heterocycles.